The van der Waals surface area contributed by atoms with Crippen molar-refractivity contribution in [1.82, 2.24) is 19.9 Å². The van der Waals surface area contributed by atoms with Gasteiger partial charge in [0.2, 0.25) is 0 Å². The summed E-state index contributed by atoms with van der Waals surface area (Å²) >= 11 is 6.13. The lowest BCUT2D eigenvalue weighted by Crippen LogP contribution is -2.06. The Morgan fingerprint density at radius 2 is 1.67 bits per heavy atom. The summed E-state index contributed by atoms with van der Waals surface area (Å²) < 4.78 is 5.50. The molecule has 0 fully saturated rings. The van der Waals surface area contributed by atoms with Gasteiger partial charge in [-0.2, -0.15) is 0 Å². The number of nitrogens with zero attached hydrogens (tertiary/aromatic N) is 2. The first kappa shape index (κ1) is 18.5. The number of nitrogens with one attached hydrogen (secondary N) is 2. The number of ether oxygens (including phenoxy) is 1. The zero-order valence-electron chi connectivity index (χ0n) is 16.3. The van der Waals surface area contributed by atoms with Gasteiger partial charge in [-0.25, -0.2) is 9.97 Å². The van der Waals surface area contributed by atoms with Crippen LogP contribution in [0.15, 0.2) is 79.0 Å². The fourth-order valence-corrected chi connectivity index (χ4v) is 3.82. The van der Waals surface area contributed by atoms with Gasteiger partial charge in [0.15, 0.2) is 0 Å². The zero-order chi connectivity index (χ0) is 20.5. The predicted octanol–water partition coefficient (Wildman–Crippen LogP) is 5.80. The molecular weight excluding hydrogens is 396 g/mol. The highest BCUT2D eigenvalue weighted by molar-refractivity contribution is 6.30. The molecule has 5 aromatic rings. The van der Waals surface area contributed by atoms with Crippen molar-refractivity contribution in [1.29, 1.82) is 0 Å². The number of benzene rings is 3. The Labute approximate surface area is 178 Å². The molecule has 0 aliphatic heterocycles. The fourth-order valence-electron chi connectivity index (χ4n) is 3.70. The second-order valence-corrected chi connectivity index (χ2v) is 7.43. The number of H-pyrrole nitrogens is 2. The molecule has 1 atom stereocenters. The van der Waals surface area contributed by atoms with Gasteiger partial charge in [-0.15, -0.1) is 0 Å². The Hall–Kier alpha value is -3.57. The van der Waals surface area contributed by atoms with E-state index in [4.69, 9.17) is 26.3 Å². The van der Waals surface area contributed by atoms with E-state index < -0.39 is 0 Å². The van der Waals surface area contributed by atoms with Crippen LogP contribution in [0.5, 0.6) is 5.75 Å². The number of imidazole rings is 2. The molecule has 0 aliphatic carbocycles. The summed E-state index contributed by atoms with van der Waals surface area (Å²) in [6.45, 7) is 0. The van der Waals surface area contributed by atoms with E-state index in [1.165, 1.54) is 0 Å². The first-order chi connectivity index (χ1) is 14.7. The van der Waals surface area contributed by atoms with Crippen molar-refractivity contribution in [3.05, 3.63) is 101 Å². The summed E-state index contributed by atoms with van der Waals surface area (Å²) in [5.41, 5.74) is 4.73. The molecule has 0 aliphatic rings. The molecule has 5 nitrogen and oxygen atoms in total. The average Bonchev–Trinajstić information content (AvgIpc) is 3.43. The van der Waals surface area contributed by atoms with Gasteiger partial charge in [0, 0.05) is 11.2 Å². The van der Waals surface area contributed by atoms with Gasteiger partial charge in [0.05, 0.1) is 35.3 Å². The minimum atomic E-state index is -0.172. The highest BCUT2D eigenvalue weighted by Gasteiger charge is 2.24. The Morgan fingerprint density at radius 1 is 0.900 bits per heavy atom. The molecule has 30 heavy (non-hydrogen) atoms. The number of fused-ring (bicyclic) bond motifs is 1. The Morgan fingerprint density at radius 3 is 2.47 bits per heavy atom. The molecule has 0 saturated heterocycles. The van der Waals surface area contributed by atoms with Crippen molar-refractivity contribution in [2.45, 2.75) is 5.92 Å². The average molecular weight is 415 g/mol. The molecule has 2 aromatic heterocycles. The van der Waals surface area contributed by atoms with Crippen molar-refractivity contribution in [3.8, 4) is 17.1 Å². The van der Waals surface area contributed by atoms with Gasteiger partial charge < -0.3 is 14.7 Å². The predicted molar refractivity (Wildman–Crippen MR) is 119 cm³/mol. The molecule has 5 rings (SSSR count). The maximum Gasteiger partial charge on any atom is 0.141 e. The lowest BCUT2D eigenvalue weighted by Gasteiger charge is -2.13. The van der Waals surface area contributed by atoms with Gasteiger partial charge in [-0.05, 0) is 42.0 Å². The third-order valence-corrected chi connectivity index (χ3v) is 5.39. The Bertz CT molecular complexity index is 1270. The molecule has 2 heterocycles. The van der Waals surface area contributed by atoms with Crippen molar-refractivity contribution in [3.63, 3.8) is 0 Å². The van der Waals surface area contributed by atoms with Crippen molar-refractivity contribution < 1.29 is 4.74 Å². The van der Waals surface area contributed by atoms with E-state index in [-0.39, 0.29) is 5.92 Å². The van der Waals surface area contributed by atoms with E-state index in [0.717, 1.165) is 45.3 Å². The van der Waals surface area contributed by atoms with E-state index in [1.54, 1.807) is 7.11 Å². The molecule has 2 N–H and O–H groups in total. The van der Waals surface area contributed by atoms with Gasteiger partial charge in [0.25, 0.3) is 0 Å². The number of aromatic nitrogens is 4. The van der Waals surface area contributed by atoms with Crippen LogP contribution < -0.4 is 4.74 Å². The van der Waals surface area contributed by atoms with Crippen molar-refractivity contribution in [2.24, 2.45) is 0 Å². The zero-order valence-corrected chi connectivity index (χ0v) is 17.0. The lowest BCUT2D eigenvalue weighted by atomic mass is 9.95. The molecule has 0 spiro atoms. The van der Waals surface area contributed by atoms with Crippen LogP contribution in [0.25, 0.3) is 22.4 Å². The van der Waals surface area contributed by atoms with E-state index in [9.17, 15) is 0 Å². The number of hydrogen-bond acceptors (Lipinski definition) is 3. The molecule has 3 aromatic carbocycles. The largest absolute Gasteiger partial charge is 0.496 e. The summed E-state index contributed by atoms with van der Waals surface area (Å²) in [6, 6.07) is 23.6. The summed E-state index contributed by atoms with van der Waals surface area (Å²) in [4.78, 5) is 16.5. The second kappa shape index (κ2) is 7.69. The molecular formula is C24H19ClN4O. The summed E-state index contributed by atoms with van der Waals surface area (Å²) in [6.07, 6.45) is 1.92. The lowest BCUT2D eigenvalue weighted by molar-refractivity contribution is 0.416. The Kier molecular flexibility index (Phi) is 4.73. The van der Waals surface area contributed by atoms with Crippen LogP contribution in [0.1, 0.15) is 23.0 Å². The number of halogens is 1. The molecule has 0 amide bonds. The molecule has 0 saturated carbocycles. The molecule has 6 heteroatoms. The third-order valence-electron chi connectivity index (χ3n) is 5.14. The van der Waals surface area contributed by atoms with E-state index in [2.05, 4.69) is 9.97 Å². The van der Waals surface area contributed by atoms with Gasteiger partial charge in [0.1, 0.15) is 17.4 Å². The van der Waals surface area contributed by atoms with E-state index >= 15 is 0 Å². The summed E-state index contributed by atoms with van der Waals surface area (Å²) in [7, 11) is 1.66. The minimum Gasteiger partial charge on any atom is -0.496 e. The normalized spacial score (nSPS) is 12.2. The first-order valence-corrected chi connectivity index (χ1v) is 9.99. The van der Waals surface area contributed by atoms with Crippen LogP contribution in [0.2, 0.25) is 5.02 Å². The van der Waals surface area contributed by atoms with Gasteiger partial charge >= 0.3 is 0 Å². The highest BCUT2D eigenvalue weighted by Crippen LogP contribution is 2.34. The van der Waals surface area contributed by atoms with Crippen LogP contribution in [-0.4, -0.2) is 27.0 Å². The molecule has 0 bridgehead atoms. The molecule has 0 radical (unpaired) electrons. The topological polar surface area (TPSA) is 66.6 Å². The van der Waals surface area contributed by atoms with Crippen molar-refractivity contribution in [2.75, 3.05) is 7.11 Å². The number of para-hydroxylation sites is 3. The van der Waals surface area contributed by atoms with Gasteiger partial charge in [-0.1, -0.05) is 48.0 Å². The first-order valence-electron chi connectivity index (χ1n) is 9.62. The van der Waals surface area contributed by atoms with E-state index in [1.807, 2.05) is 79.0 Å². The van der Waals surface area contributed by atoms with Crippen molar-refractivity contribution >= 4 is 22.6 Å². The third kappa shape index (κ3) is 3.33. The molecule has 1 unspecified atom stereocenters. The Balaban J connectivity index is 1.64. The fraction of sp³-hybridized carbons (Fsp3) is 0.0833. The summed E-state index contributed by atoms with van der Waals surface area (Å²) in [5, 5.41) is 0.693. The smallest absolute Gasteiger partial charge is 0.141 e. The van der Waals surface area contributed by atoms with Crippen LogP contribution in [0.4, 0.5) is 0 Å². The SMILES string of the molecule is COc1ccccc1-c1nc(C(c2ccc(Cl)cc2)c2nc3ccccc3[nH]2)c[nH]1. The number of aromatic amines is 2. The second-order valence-electron chi connectivity index (χ2n) is 7.00. The summed E-state index contributed by atoms with van der Waals surface area (Å²) in [5.74, 6) is 2.17. The molecule has 148 valence electrons. The monoisotopic (exact) mass is 414 g/mol. The maximum atomic E-state index is 6.13. The van der Waals surface area contributed by atoms with Crippen LogP contribution in [0.3, 0.4) is 0 Å². The van der Waals surface area contributed by atoms with E-state index in [0.29, 0.717) is 5.02 Å². The number of methoxy groups -OCH3 is 1. The highest BCUT2D eigenvalue weighted by atomic mass is 35.5. The van der Waals surface area contributed by atoms with Gasteiger partial charge in [-0.3, -0.25) is 0 Å². The maximum absolute atomic E-state index is 6.13. The van der Waals surface area contributed by atoms with Crippen LogP contribution in [-0.2, 0) is 0 Å². The standard InChI is InChI=1S/C24H19ClN4O/c1-30-21-9-5-2-6-17(21)23-26-14-20(29-23)22(15-10-12-16(25)13-11-15)24-27-18-7-3-4-8-19(18)28-24/h2-14,22H,1H3,(H,26,29)(H,27,28). The quantitative estimate of drug-likeness (QED) is 0.382. The number of rotatable bonds is 5. The van der Waals surface area contributed by atoms with Crippen LogP contribution in [0, 0.1) is 0 Å². The van der Waals surface area contributed by atoms with Crippen LogP contribution >= 0.6 is 11.6 Å². The number of hydrogen-bond donors (Lipinski definition) is 2. The minimum absolute atomic E-state index is 0.172.